The lowest BCUT2D eigenvalue weighted by Gasteiger charge is -2.28. The minimum absolute atomic E-state index is 0.286. The van der Waals surface area contributed by atoms with Crippen LogP contribution in [-0.4, -0.2) is 50.7 Å². The van der Waals surface area contributed by atoms with Gasteiger partial charge in [-0.15, -0.1) is 0 Å². The number of anilines is 1. The van der Waals surface area contributed by atoms with Crippen LogP contribution in [0.1, 0.15) is 44.9 Å². The van der Waals surface area contributed by atoms with Gasteiger partial charge in [-0.1, -0.05) is 6.42 Å². The van der Waals surface area contributed by atoms with Crippen LogP contribution in [0.4, 0.5) is 5.95 Å². The Balaban J connectivity index is 1.70. The molecule has 2 aliphatic heterocycles. The zero-order valence-corrected chi connectivity index (χ0v) is 17.5. The molecule has 0 spiro atoms. The second kappa shape index (κ2) is 8.42. The fraction of sp³-hybridized carbons (Fsp3) is 0.700. The van der Waals surface area contributed by atoms with E-state index in [4.69, 9.17) is 4.98 Å². The molecule has 0 atom stereocenters. The third-order valence-corrected chi connectivity index (χ3v) is 6.01. The van der Waals surface area contributed by atoms with Crippen molar-refractivity contribution in [1.82, 2.24) is 24.0 Å². The predicted molar refractivity (Wildman–Crippen MR) is 115 cm³/mol. The van der Waals surface area contributed by atoms with E-state index in [1.807, 2.05) is 4.57 Å². The van der Waals surface area contributed by atoms with Gasteiger partial charge in [-0.3, -0.25) is 18.9 Å². The molecule has 1 N–H and O–H groups in total. The van der Waals surface area contributed by atoms with Gasteiger partial charge in [-0.25, -0.2) is 4.79 Å². The first kappa shape index (κ1) is 19.7. The molecule has 9 nitrogen and oxygen atoms in total. The van der Waals surface area contributed by atoms with Gasteiger partial charge >= 0.3 is 5.69 Å². The van der Waals surface area contributed by atoms with Crippen LogP contribution in [-0.2, 0) is 20.6 Å². The summed E-state index contributed by atoms with van der Waals surface area (Å²) >= 11 is 0. The number of rotatable bonds is 4. The van der Waals surface area contributed by atoms with Gasteiger partial charge in [0.25, 0.3) is 5.56 Å². The summed E-state index contributed by atoms with van der Waals surface area (Å²) in [5.74, 6) is 1.86. The number of nitrogens with one attached hydrogen (secondary N) is 1. The minimum Gasteiger partial charge on any atom is -0.372 e. The van der Waals surface area contributed by atoms with Crippen molar-refractivity contribution >= 4 is 22.9 Å². The molecule has 1 fully saturated rings. The fourth-order valence-electron chi connectivity index (χ4n) is 4.31. The third-order valence-electron chi connectivity index (χ3n) is 6.01. The van der Waals surface area contributed by atoms with E-state index in [0.29, 0.717) is 24.3 Å². The summed E-state index contributed by atoms with van der Waals surface area (Å²) in [7, 11) is 3.21. The Morgan fingerprint density at radius 3 is 2.52 bits per heavy atom. The molecule has 2 aromatic rings. The van der Waals surface area contributed by atoms with Crippen LogP contribution in [0.5, 0.6) is 0 Å². The van der Waals surface area contributed by atoms with E-state index in [2.05, 4.69) is 15.2 Å². The Morgan fingerprint density at radius 2 is 1.72 bits per heavy atom. The summed E-state index contributed by atoms with van der Waals surface area (Å²) in [6.07, 6.45) is 7.99. The minimum atomic E-state index is -0.344. The number of imidazole rings is 1. The third kappa shape index (κ3) is 3.82. The SMILES string of the molecule is Cn1c(=O)c2c(nc(N3CCCCC3)n2CCNC2=NCCCCC2)n(C)c1=O. The maximum Gasteiger partial charge on any atom is 0.332 e. The maximum atomic E-state index is 13.0. The largest absolute Gasteiger partial charge is 0.372 e. The Bertz CT molecular complexity index is 1020. The zero-order chi connectivity index (χ0) is 20.4. The molecule has 2 aromatic heterocycles. The first-order valence-corrected chi connectivity index (χ1v) is 10.8. The Kier molecular flexibility index (Phi) is 5.73. The lowest BCUT2D eigenvalue weighted by molar-refractivity contribution is 0.553. The van der Waals surface area contributed by atoms with Crippen molar-refractivity contribution in [2.24, 2.45) is 19.1 Å². The molecule has 0 aliphatic carbocycles. The molecular weight excluding hydrogens is 370 g/mol. The van der Waals surface area contributed by atoms with Crippen molar-refractivity contribution in [3.8, 4) is 0 Å². The van der Waals surface area contributed by atoms with Gasteiger partial charge in [0, 0.05) is 53.2 Å². The summed E-state index contributed by atoms with van der Waals surface area (Å²) in [5.41, 5.74) is 0.333. The standard InChI is InChI=1S/C20H31N7O2/c1-24-17-16(18(28)25(2)20(24)29)27(19(23-17)26-12-7-4-8-13-26)14-11-22-15-9-5-3-6-10-21-15/h3-14H2,1-2H3,(H,21,22). The van der Waals surface area contributed by atoms with Crippen LogP contribution >= 0.6 is 0 Å². The maximum absolute atomic E-state index is 13.0. The monoisotopic (exact) mass is 401 g/mol. The van der Waals surface area contributed by atoms with Gasteiger partial charge < -0.3 is 14.8 Å². The van der Waals surface area contributed by atoms with Gasteiger partial charge in [0.05, 0.1) is 5.84 Å². The normalized spacial score (nSPS) is 18.0. The van der Waals surface area contributed by atoms with Crippen LogP contribution in [0.3, 0.4) is 0 Å². The molecule has 0 radical (unpaired) electrons. The van der Waals surface area contributed by atoms with Crippen molar-refractivity contribution in [3.05, 3.63) is 20.8 Å². The average Bonchev–Trinajstić information content (AvgIpc) is 2.92. The molecule has 0 saturated carbocycles. The summed E-state index contributed by atoms with van der Waals surface area (Å²) in [6.45, 7) is 4.03. The highest BCUT2D eigenvalue weighted by Crippen LogP contribution is 2.22. The number of piperidine rings is 1. The van der Waals surface area contributed by atoms with Crippen molar-refractivity contribution in [1.29, 1.82) is 0 Å². The highest BCUT2D eigenvalue weighted by atomic mass is 16.2. The molecule has 158 valence electrons. The topological polar surface area (TPSA) is 89.4 Å². The number of hydrogen-bond donors (Lipinski definition) is 1. The summed E-state index contributed by atoms with van der Waals surface area (Å²) in [6, 6.07) is 0. The molecule has 0 amide bonds. The Morgan fingerprint density at radius 1 is 0.966 bits per heavy atom. The van der Waals surface area contributed by atoms with Crippen LogP contribution in [0.25, 0.3) is 11.2 Å². The predicted octanol–water partition coefficient (Wildman–Crippen LogP) is 0.986. The summed E-state index contributed by atoms with van der Waals surface area (Å²) in [5, 5.41) is 3.46. The van der Waals surface area contributed by atoms with Crippen LogP contribution < -0.4 is 21.5 Å². The zero-order valence-electron chi connectivity index (χ0n) is 17.5. The van der Waals surface area contributed by atoms with Crippen molar-refractivity contribution in [3.63, 3.8) is 0 Å². The van der Waals surface area contributed by atoms with Crippen LogP contribution in [0, 0.1) is 0 Å². The van der Waals surface area contributed by atoms with E-state index < -0.39 is 0 Å². The molecule has 0 bridgehead atoms. The molecule has 2 aliphatic rings. The highest BCUT2D eigenvalue weighted by molar-refractivity contribution is 5.82. The smallest absolute Gasteiger partial charge is 0.332 e. The molecule has 4 heterocycles. The average molecular weight is 402 g/mol. The molecular formula is C20H31N7O2. The fourth-order valence-corrected chi connectivity index (χ4v) is 4.31. The Hall–Kier alpha value is -2.58. The number of aliphatic imine (C=N–C) groups is 1. The van der Waals surface area contributed by atoms with Crippen molar-refractivity contribution < 1.29 is 0 Å². The molecule has 1 saturated heterocycles. The van der Waals surface area contributed by atoms with E-state index in [9.17, 15) is 9.59 Å². The highest BCUT2D eigenvalue weighted by Gasteiger charge is 2.23. The first-order valence-electron chi connectivity index (χ1n) is 10.8. The summed E-state index contributed by atoms with van der Waals surface area (Å²) < 4.78 is 4.64. The Labute approximate surface area is 170 Å². The second-order valence-electron chi connectivity index (χ2n) is 8.05. The van der Waals surface area contributed by atoms with Crippen molar-refractivity contribution in [2.75, 3.05) is 31.1 Å². The van der Waals surface area contributed by atoms with Crippen LogP contribution in [0.15, 0.2) is 14.6 Å². The second-order valence-corrected chi connectivity index (χ2v) is 8.05. The number of aromatic nitrogens is 4. The number of aryl methyl sites for hydroxylation is 1. The van der Waals surface area contributed by atoms with Gasteiger partial charge in [0.1, 0.15) is 0 Å². The van der Waals surface area contributed by atoms with Crippen molar-refractivity contribution in [2.45, 2.75) is 51.5 Å². The summed E-state index contributed by atoms with van der Waals surface area (Å²) in [4.78, 5) is 37.0. The van der Waals surface area contributed by atoms with Gasteiger partial charge in [0.15, 0.2) is 11.2 Å². The van der Waals surface area contributed by atoms with E-state index in [-0.39, 0.29) is 11.2 Å². The van der Waals surface area contributed by atoms with Gasteiger partial charge in [0.2, 0.25) is 5.95 Å². The molecule has 29 heavy (non-hydrogen) atoms. The van der Waals surface area contributed by atoms with E-state index in [0.717, 1.165) is 57.1 Å². The number of nitrogens with zero attached hydrogens (tertiary/aromatic N) is 6. The molecule has 4 rings (SSSR count). The number of hydrogen-bond acceptors (Lipinski definition) is 6. The van der Waals surface area contributed by atoms with Gasteiger partial charge in [-0.2, -0.15) is 4.98 Å². The number of amidine groups is 1. The van der Waals surface area contributed by atoms with E-state index >= 15 is 0 Å². The van der Waals surface area contributed by atoms with E-state index in [1.54, 1.807) is 7.05 Å². The molecule has 0 unspecified atom stereocenters. The molecule has 9 heteroatoms. The van der Waals surface area contributed by atoms with E-state index in [1.165, 1.54) is 35.4 Å². The molecule has 0 aromatic carbocycles. The number of fused-ring (bicyclic) bond motifs is 1. The van der Waals surface area contributed by atoms with Crippen LogP contribution in [0.2, 0.25) is 0 Å². The first-order chi connectivity index (χ1) is 14.1. The lowest BCUT2D eigenvalue weighted by atomic mass is 10.1. The quantitative estimate of drug-likeness (QED) is 0.825. The van der Waals surface area contributed by atoms with Gasteiger partial charge in [-0.05, 0) is 32.1 Å². The lowest BCUT2D eigenvalue weighted by Crippen LogP contribution is -2.38.